The van der Waals surface area contributed by atoms with Crippen molar-refractivity contribution < 1.29 is 14.6 Å². The molecule has 1 N–H and O–H groups in total. The molecule has 0 radical (unpaired) electrons. The summed E-state index contributed by atoms with van der Waals surface area (Å²) in [7, 11) is 0. The Morgan fingerprint density at radius 3 is 2.15 bits per heavy atom. The lowest BCUT2D eigenvalue weighted by atomic mass is 9.79. The van der Waals surface area contributed by atoms with Gasteiger partial charge in [0.25, 0.3) is 0 Å². The maximum Gasteiger partial charge on any atom is 0.119 e. The average molecular weight is 378 g/mol. The van der Waals surface area contributed by atoms with Gasteiger partial charge in [0.15, 0.2) is 0 Å². The Morgan fingerprint density at radius 2 is 1.59 bits per heavy atom. The minimum Gasteiger partial charge on any atom is -0.491 e. The van der Waals surface area contributed by atoms with Crippen molar-refractivity contribution in [1.29, 1.82) is 0 Å². The Morgan fingerprint density at radius 1 is 1.00 bits per heavy atom. The smallest absolute Gasteiger partial charge is 0.119 e. The highest BCUT2D eigenvalue weighted by Gasteiger charge is 2.41. The van der Waals surface area contributed by atoms with Crippen LogP contribution in [0.25, 0.3) is 0 Å². The molecule has 0 aliphatic carbocycles. The van der Waals surface area contributed by atoms with E-state index in [0.717, 1.165) is 5.75 Å². The first-order chi connectivity index (χ1) is 12.6. The van der Waals surface area contributed by atoms with Crippen LogP contribution in [0, 0.1) is 0 Å². The number of hydrogen-bond acceptors (Lipinski definition) is 4. The SMILES string of the molecule is CC(C)c1ccc(OCCOC[C@H](O)CN2C(C)(C)CCCC2(C)C)cc1. The summed E-state index contributed by atoms with van der Waals surface area (Å²) in [5, 5.41) is 10.5. The van der Waals surface area contributed by atoms with E-state index in [1.807, 2.05) is 12.1 Å². The monoisotopic (exact) mass is 377 g/mol. The van der Waals surface area contributed by atoms with Crippen molar-refractivity contribution in [2.75, 3.05) is 26.4 Å². The van der Waals surface area contributed by atoms with Gasteiger partial charge in [-0.2, -0.15) is 0 Å². The molecule has 0 spiro atoms. The number of rotatable bonds is 9. The Labute approximate surface area is 165 Å². The fourth-order valence-corrected chi connectivity index (χ4v) is 4.19. The third-order valence-electron chi connectivity index (χ3n) is 5.79. The number of hydrogen-bond donors (Lipinski definition) is 1. The van der Waals surface area contributed by atoms with Crippen molar-refractivity contribution in [3.63, 3.8) is 0 Å². The van der Waals surface area contributed by atoms with Crippen molar-refractivity contribution in [3.05, 3.63) is 29.8 Å². The molecule has 1 aliphatic heterocycles. The van der Waals surface area contributed by atoms with E-state index in [1.54, 1.807) is 0 Å². The van der Waals surface area contributed by atoms with Gasteiger partial charge in [-0.1, -0.05) is 26.0 Å². The predicted octanol–water partition coefficient (Wildman–Crippen LogP) is 4.61. The quantitative estimate of drug-likeness (QED) is 0.638. The lowest BCUT2D eigenvalue weighted by Crippen LogP contribution is -2.60. The molecule has 154 valence electrons. The maximum atomic E-state index is 10.5. The van der Waals surface area contributed by atoms with Gasteiger partial charge in [0.1, 0.15) is 12.4 Å². The molecule has 1 aliphatic rings. The zero-order chi connectivity index (χ0) is 20.1. The van der Waals surface area contributed by atoms with E-state index in [0.29, 0.717) is 32.3 Å². The molecule has 1 aromatic carbocycles. The minimum atomic E-state index is -0.480. The van der Waals surface area contributed by atoms with Crippen molar-refractivity contribution in [2.24, 2.45) is 0 Å². The van der Waals surface area contributed by atoms with E-state index in [1.165, 1.54) is 24.8 Å². The number of piperidine rings is 1. The third-order valence-corrected chi connectivity index (χ3v) is 5.79. The Bertz CT molecular complexity index is 549. The second-order valence-corrected chi connectivity index (χ2v) is 9.39. The zero-order valence-corrected chi connectivity index (χ0v) is 18.1. The molecule has 2 rings (SSSR count). The molecule has 0 amide bonds. The summed E-state index contributed by atoms with van der Waals surface area (Å²) in [4.78, 5) is 2.45. The lowest BCUT2D eigenvalue weighted by Gasteiger charge is -2.53. The summed E-state index contributed by atoms with van der Waals surface area (Å²) in [5.41, 5.74) is 1.55. The fraction of sp³-hybridized carbons (Fsp3) is 0.739. The molecular weight excluding hydrogens is 338 g/mol. The molecule has 1 heterocycles. The zero-order valence-electron chi connectivity index (χ0n) is 18.1. The number of aliphatic hydroxyl groups is 1. The van der Waals surface area contributed by atoms with Crippen molar-refractivity contribution in [2.45, 2.75) is 83.9 Å². The molecule has 1 aromatic rings. The summed E-state index contributed by atoms with van der Waals surface area (Å²) in [5.74, 6) is 1.39. The molecule has 0 unspecified atom stereocenters. The highest BCUT2D eigenvalue weighted by molar-refractivity contribution is 5.28. The summed E-state index contributed by atoms with van der Waals surface area (Å²) in [6.45, 7) is 15.4. The Kier molecular flexibility index (Phi) is 7.73. The number of benzene rings is 1. The van der Waals surface area contributed by atoms with Crippen LogP contribution in [0.5, 0.6) is 5.75 Å². The van der Waals surface area contributed by atoms with Crippen LogP contribution in [0.2, 0.25) is 0 Å². The van der Waals surface area contributed by atoms with Crippen LogP contribution in [-0.2, 0) is 4.74 Å². The molecule has 4 heteroatoms. The second kappa shape index (κ2) is 9.40. The van der Waals surface area contributed by atoms with Gasteiger partial charge >= 0.3 is 0 Å². The van der Waals surface area contributed by atoms with E-state index in [2.05, 4.69) is 58.6 Å². The number of aliphatic hydroxyl groups excluding tert-OH is 1. The van der Waals surface area contributed by atoms with Gasteiger partial charge in [-0.25, -0.2) is 0 Å². The first-order valence-electron chi connectivity index (χ1n) is 10.4. The van der Waals surface area contributed by atoms with Crippen LogP contribution in [0.3, 0.4) is 0 Å². The van der Waals surface area contributed by atoms with Gasteiger partial charge in [-0.3, -0.25) is 4.90 Å². The summed E-state index contributed by atoms with van der Waals surface area (Å²) < 4.78 is 11.4. The van der Waals surface area contributed by atoms with Crippen molar-refractivity contribution in [1.82, 2.24) is 4.90 Å². The van der Waals surface area contributed by atoms with Crippen LogP contribution in [0.4, 0.5) is 0 Å². The number of ether oxygens (including phenoxy) is 2. The van der Waals surface area contributed by atoms with Gasteiger partial charge < -0.3 is 14.6 Å². The van der Waals surface area contributed by atoms with E-state index >= 15 is 0 Å². The molecule has 4 nitrogen and oxygen atoms in total. The fourth-order valence-electron chi connectivity index (χ4n) is 4.19. The number of nitrogens with zero attached hydrogens (tertiary/aromatic N) is 1. The van der Waals surface area contributed by atoms with Crippen LogP contribution in [-0.4, -0.2) is 53.6 Å². The molecule has 27 heavy (non-hydrogen) atoms. The molecule has 0 aromatic heterocycles. The Balaban J connectivity index is 1.69. The topological polar surface area (TPSA) is 41.9 Å². The van der Waals surface area contributed by atoms with E-state index in [-0.39, 0.29) is 11.1 Å². The first kappa shape index (κ1) is 22.2. The predicted molar refractivity (Wildman–Crippen MR) is 112 cm³/mol. The summed E-state index contributed by atoms with van der Waals surface area (Å²) >= 11 is 0. The van der Waals surface area contributed by atoms with Gasteiger partial charge in [-0.05, 0) is 70.6 Å². The van der Waals surface area contributed by atoms with Crippen LogP contribution in [0.15, 0.2) is 24.3 Å². The van der Waals surface area contributed by atoms with Gasteiger partial charge in [0, 0.05) is 17.6 Å². The van der Waals surface area contributed by atoms with Gasteiger partial charge in [-0.15, -0.1) is 0 Å². The largest absolute Gasteiger partial charge is 0.491 e. The standard InChI is InChI=1S/C23H39NO3/c1-18(2)19-8-10-21(11-9-19)27-15-14-26-17-20(25)16-24-22(3,4)12-7-13-23(24,5)6/h8-11,18,20,25H,7,12-17H2,1-6H3/t20-/m1/s1. The molecule has 0 bridgehead atoms. The van der Waals surface area contributed by atoms with Crippen LogP contribution in [0.1, 0.15) is 72.3 Å². The molecular formula is C23H39NO3. The van der Waals surface area contributed by atoms with E-state index in [9.17, 15) is 5.11 Å². The molecule has 1 saturated heterocycles. The second-order valence-electron chi connectivity index (χ2n) is 9.39. The Hall–Kier alpha value is -1.10. The van der Waals surface area contributed by atoms with Crippen LogP contribution >= 0.6 is 0 Å². The number of likely N-dealkylation sites (tertiary alicyclic amines) is 1. The van der Waals surface area contributed by atoms with Crippen molar-refractivity contribution in [3.8, 4) is 5.75 Å². The van der Waals surface area contributed by atoms with Crippen LogP contribution < -0.4 is 4.74 Å². The maximum absolute atomic E-state index is 10.5. The van der Waals surface area contributed by atoms with E-state index in [4.69, 9.17) is 9.47 Å². The first-order valence-corrected chi connectivity index (χ1v) is 10.4. The average Bonchev–Trinajstić information content (AvgIpc) is 2.58. The molecule has 1 fully saturated rings. The molecule has 0 saturated carbocycles. The highest BCUT2D eigenvalue weighted by Crippen LogP contribution is 2.38. The van der Waals surface area contributed by atoms with Crippen molar-refractivity contribution >= 4 is 0 Å². The molecule has 1 atom stereocenters. The minimum absolute atomic E-state index is 0.119. The lowest BCUT2D eigenvalue weighted by molar-refractivity contribution is -0.0710. The summed E-state index contributed by atoms with van der Waals surface area (Å²) in [6, 6.07) is 8.22. The normalized spacial score (nSPS) is 20.6. The number of β-amino-alcohol motifs (C(OH)–C–C–N with tert-alkyl or cyclic N) is 1. The van der Waals surface area contributed by atoms with Gasteiger partial charge in [0.2, 0.25) is 0 Å². The summed E-state index contributed by atoms with van der Waals surface area (Å²) in [6.07, 6.45) is 3.12. The third kappa shape index (κ3) is 6.48. The van der Waals surface area contributed by atoms with Gasteiger partial charge in [0.05, 0.1) is 19.3 Å². The highest BCUT2D eigenvalue weighted by atomic mass is 16.5. The van der Waals surface area contributed by atoms with E-state index < -0.39 is 6.10 Å².